The van der Waals surface area contributed by atoms with Gasteiger partial charge in [0.2, 0.25) is 0 Å². The number of anilines is 1. The summed E-state index contributed by atoms with van der Waals surface area (Å²) < 4.78 is 13.5. The van der Waals surface area contributed by atoms with Gasteiger partial charge in [-0.25, -0.2) is 4.39 Å². The van der Waals surface area contributed by atoms with E-state index in [0.29, 0.717) is 12.2 Å². The molecule has 1 aromatic heterocycles. The molecule has 19 heavy (non-hydrogen) atoms. The van der Waals surface area contributed by atoms with E-state index in [-0.39, 0.29) is 11.0 Å². The summed E-state index contributed by atoms with van der Waals surface area (Å²) in [6.07, 6.45) is 0. The standard InChI is InChI=1S/C15H15FN2S/c1-15(2,14-4-3-7-19-14)10-18-12-6-5-11(9-17)13(16)8-12/h3-8,18H,10H2,1-2H3. The molecule has 2 nitrogen and oxygen atoms in total. The SMILES string of the molecule is CC(C)(CNc1ccc(C#N)c(F)c1)c1cccs1. The molecule has 2 aromatic rings. The number of nitrogens with zero attached hydrogens (tertiary/aromatic N) is 1. The summed E-state index contributed by atoms with van der Waals surface area (Å²) in [6, 6.07) is 10.5. The van der Waals surface area contributed by atoms with Gasteiger partial charge in [-0.05, 0) is 29.6 Å². The minimum absolute atomic E-state index is 0.0153. The first-order valence-electron chi connectivity index (χ1n) is 6.00. The summed E-state index contributed by atoms with van der Waals surface area (Å²) in [5, 5.41) is 14.0. The van der Waals surface area contributed by atoms with Crippen LogP contribution in [0.15, 0.2) is 35.7 Å². The van der Waals surface area contributed by atoms with E-state index < -0.39 is 5.82 Å². The zero-order chi connectivity index (χ0) is 13.9. The first-order chi connectivity index (χ1) is 9.03. The van der Waals surface area contributed by atoms with Gasteiger partial charge in [0.05, 0.1) is 5.56 Å². The lowest BCUT2D eigenvalue weighted by atomic mass is 9.91. The second-order valence-electron chi connectivity index (χ2n) is 5.02. The van der Waals surface area contributed by atoms with E-state index in [9.17, 15) is 4.39 Å². The third kappa shape index (κ3) is 3.12. The van der Waals surface area contributed by atoms with Crippen molar-refractivity contribution < 1.29 is 4.39 Å². The predicted octanol–water partition coefficient (Wildman–Crippen LogP) is 4.15. The van der Waals surface area contributed by atoms with Gasteiger partial charge in [0.25, 0.3) is 0 Å². The first kappa shape index (κ1) is 13.6. The number of nitrogens with one attached hydrogen (secondary N) is 1. The van der Waals surface area contributed by atoms with E-state index >= 15 is 0 Å². The van der Waals surface area contributed by atoms with Crippen molar-refractivity contribution in [3.8, 4) is 6.07 Å². The molecule has 0 unspecified atom stereocenters. The van der Waals surface area contributed by atoms with Crippen LogP contribution in [-0.2, 0) is 5.41 Å². The van der Waals surface area contributed by atoms with Crippen molar-refractivity contribution in [2.45, 2.75) is 19.3 Å². The summed E-state index contributed by atoms with van der Waals surface area (Å²) in [4.78, 5) is 1.29. The molecule has 0 atom stereocenters. The molecule has 0 aliphatic carbocycles. The third-order valence-corrected chi connectivity index (χ3v) is 4.25. The minimum Gasteiger partial charge on any atom is -0.384 e. The van der Waals surface area contributed by atoms with Crippen LogP contribution in [0.25, 0.3) is 0 Å². The molecule has 1 heterocycles. The van der Waals surface area contributed by atoms with E-state index in [0.717, 1.165) is 0 Å². The number of benzene rings is 1. The highest BCUT2D eigenvalue weighted by molar-refractivity contribution is 7.10. The van der Waals surface area contributed by atoms with Crippen LogP contribution in [-0.4, -0.2) is 6.54 Å². The highest BCUT2D eigenvalue weighted by Crippen LogP contribution is 2.28. The average Bonchev–Trinajstić information content (AvgIpc) is 2.91. The average molecular weight is 274 g/mol. The van der Waals surface area contributed by atoms with Crippen molar-refractivity contribution in [2.24, 2.45) is 0 Å². The number of hydrogen-bond donors (Lipinski definition) is 1. The van der Waals surface area contributed by atoms with E-state index in [2.05, 4.69) is 30.6 Å². The smallest absolute Gasteiger partial charge is 0.143 e. The van der Waals surface area contributed by atoms with Crippen LogP contribution in [0.2, 0.25) is 0 Å². The van der Waals surface area contributed by atoms with Gasteiger partial charge in [0, 0.05) is 22.5 Å². The summed E-state index contributed by atoms with van der Waals surface area (Å²) in [5.74, 6) is -0.485. The Labute approximate surface area is 116 Å². The van der Waals surface area contributed by atoms with Crippen molar-refractivity contribution in [1.82, 2.24) is 0 Å². The Hall–Kier alpha value is -1.86. The van der Waals surface area contributed by atoms with E-state index in [1.165, 1.54) is 17.0 Å². The molecule has 0 aliphatic heterocycles. The molecule has 0 fully saturated rings. The van der Waals surface area contributed by atoms with Crippen LogP contribution in [0.3, 0.4) is 0 Å². The summed E-state index contributed by atoms with van der Waals surface area (Å²) in [7, 11) is 0. The van der Waals surface area contributed by atoms with Crippen molar-refractivity contribution in [2.75, 3.05) is 11.9 Å². The number of nitriles is 1. The Morgan fingerprint density at radius 1 is 1.37 bits per heavy atom. The number of halogens is 1. The number of hydrogen-bond acceptors (Lipinski definition) is 3. The summed E-state index contributed by atoms with van der Waals surface area (Å²) in [5.41, 5.74) is 0.752. The van der Waals surface area contributed by atoms with Crippen molar-refractivity contribution in [1.29, 1.82) is 5.26 Å². The van der Waals surface area contributed by atoms with Crippen LogP contribution in [0.5, 0.6) is 0 Å². The van der Waals surface area contributed by atoms with Gasteiger partial charge < -0.3 is 5.32 Å². The molecule has 0 saturated carbocycles. The molecule has 98 valence electrons. The van der Waals surface area contributed by atoms with E-state index in [1.807, 2.05) is 12.1 Å². The second kappa shape index (κ2) is 5.41. The van der Waals surface area contributed by atoms with Crippen LogP contribution in [0.4, 0.5) is 10.1 Å². The Morgan fingerprint density at radius 2 is 2.16 bits per heavy atom. The van der Waals surface area contributed by atoms with Crippen molar-refractivity contribution >= 4 is 17.0 Å². The minimum atomic E-state index is -0.485. The third-order valence-electron chi connectivity index (χ3n) is 3.01. The van der Waals surface area contributed by atoms with Gasteiger partial charge in [-0.1, -0.05) is 19.9 Å². The molecular formula is C15H15FN2S. The summed E-state index contributed by atoms with van der Waals surface area (Å²) in [6.45, 7) is 5.00. The molecule has 0 spiro atoms. The Bertz CT molecular complexity index is 597. The normalized spacial score (nSPS) is 11.1. The largest absolute Gasteiger partial charge is 0.384 e. The predicted molar refractivity (Wildman–Crippen MR) is 76.9 cm³/mol. The Balaban J connectivity index is 2.07. The van der Waals surface area contributed by atoms with Crippen LogP contribution >= 0.6 is 11.3 Å². The molecule has 4 heteroatoms. The molecule has 0 aliphatic rings. The molecule has 1 N–H and O–H groups in total. The fourth-order valence-electron chi connectivity index (χ4n) is 1.79. The first-order valence-corrected chi connectivity index (χ1v) is 6.88. The molecule has 1 aromatic carbocycles. The monoisotopic (exact) mass is 274 g/mol. The number of thiophene rings is 1. The maximum Gasteiger partial charge on any atom is 0.143 e. The maximum absolute atomic E-state index is 13.5. The van der Waals surface area contributed by atoms with Gasteiger partial charge in [-0.2, -0.15) is 5.26 Å². The lowest BCUT2D eigenvalue weighted by molar-refractivity contribution is 0.568. The highest BCUT2D eigenvalue weighted by atomic mass is 32.1. The van der Waals surface area contributed by atoms with Gasteiger partial charge in [-0.3, -0.25) is 0 Å². The zero-order valence-electron chi connectivity index (χ0n) is 10.9. The Morgan fingerprint density at radius 3 is 2.74 bits per heavy atom. The molecule has 0 amide bonds. The van der Waals surface area contributed by atoms with Crippen molar-refractivity contribution in [3.05, 3.63) is 52.0 Å². The molecule has 0 bridgehead atoms. The summed E-state index contributed by atoms with van der Waals surface area (Å²) >= 11 is 1.72. The lowest BCUT2D eigenvalue weighted by Crippen LogP contribution is -2.26. The van der Waals surface area contributed by atoms with E-state index in [1.54, 1.807) is 17.4 Å². The molecule has 2 rings (SSSR count). The fraction of sp³-hybridized carbons (Fsp3) is 0.267. The second-order valence-corrected chi connectivity index (χ2v) is 5.97. The van der Waals surface area contributed by atoms with Crippen molar-refractivity contribution in [3.63, 3.8) is 0 Å². The lowest BCUT2D eigenvalue weighted by Gasteiger charge is -2.24. The molecule has 0 saturated heterocycles. The topological polar surface area (TPSA) is 35.8 Å². The quantitative estimate of drug-likeness (QED) is 0.909. The van der Waals surface area contributed by atoms with Crippen LogP contribution in [0.1, 0.15) is 24.3 Å². The van der Waals surface area contributed by atoms with Crippen LogP contribution in [0, 0.1) is 17.1 Å². The fourth-order valence-corrected chi connectivity index (χ4v) is 2.64. The van der Waals surface area contributed by atoms with Gasteiger partial charge in [-0.15, -0.1) is 11.3 Å². The van der Waals surface area contributed by atoms with Gasteiger partial charge >= 0.3 is 0 Å². The van der Waals surface area contributed by atoms with Gasteiger partial charge in [0.1, 0.15) is 11.9 Å². The molecule has 0 radical (unpaired) electrons. The molecular weight excluding hydrogens is 259 g/mol. The highest BCUT2D eigenvalue weighted by Gasteiger charge is 2.21. The zero-order valence-corrected chi connectivity index (χ0v) is 11.7. The van der Waals surface area contributed by atoms with Gasteiger partial charge in [0.15, 0.2) is 0 Å². The maximum atomic E-state index is 13.5. The number of rotatable bonds is 4. The van der Waals surface area contributed by atoms with E-state index in [4.69, 9.17) is 5.26 Å². The Kier molecular flexibility index (Phi) is 3.87. The van der Waals surface area contributed by atoms with Crippen LogP contribution < -0.4 is 5.32 Å².